The molecule has 0 atom stereocenters. The van der Waals surface area contributed by atoms with Gasteiger partial charge in [0.1, 0.15) is 11.9 Å². The number of alkyl halides is 3. The zero-order valence-corrected chi connectivity index (χ0v) is 16.8. The van der Waals surface area contributed by atoms with Crippen LogP contribution < -0.4 is 11.1 Å². The Kier molecular flexibility index (Phi) is 10.6. The molecule has 1 aromatic heterocycles. The third-order valence-corrected chi connectivity index (χ3v) is 3.41. The second-order valence-electron chi connectivity index (χ2n) is 6.18. The number of quaternary nitrogens is 1. The van der Waals surface area contributed by atoms with Crippen LogP contribution in [0, 0.1) is 18.8 Å². The first-order valence-electron chi connectivity index (χ1n) is 7.89. The number of methoxy groups -OCH3 is 1. The van der Waals surface area contributed by atoms with E-state index in [1.165, 1.54) is 0 Å². The van der Waals surface area contributed by atoms with Gasteiger partial charge < -0.3 is 15.8 Å². The van der Waals surface area contributed by atoms with E-state index in [4.69, 9.17) is 0 Å². The van der Waals surface area contributed by atoms with E-state index in [1.54, 1.807) is 17.5 Å². The van der Waals surface area contributed by atoms with Crippen molar-refractivity contribution in [2.24, 2.45) is 0 Å². The van der Waals surface area contributed by atoms with Crippen LogP contribution in [0.4, 0.5) is 13.2 Å². The molecule has 0 bridgehead atoms. The van der Waals surface area contributed by atoms with Gasteiger partial charge in [0, 0.05) is 17.5 Å². The third kappa shape index (κ3) is 12.8. The maximum absolute atomic E-state index is 11.0. The first-order chi connectivity index (χ1) is 12.4. The van der Waals surface area contributed by atoms with E-state index in [-0.39, 0.29) is 5.54 Å². The number of aryl methyl sites for hydroxylation is 1. The Bertz CT molecular complexity index is 721. The number of aromatic nitrogens is 1. The van der Waals surface area contributed by atoms with Crippen LogP contribution >= 0.6 is 11.3 Å². The number of ether oxygens (including phenoxy) is 1. The lowest BCUT2D eigenvalue weighted by Crippen LogP contribution is -2.40. The molecule has 4 N–H and O–H groups in total. The van der Waals surface area contributed by atoms with Gasteiger partial charge in [0.25, 0.3) is 0 Å². The van der Waals surface area contributed by atoms with Gasteiger partial charge in [-0.15, -0.1) is 11.3 Å². The first kappa shape index (κ1) is 24.8. The number of rotatable bonds is 3. The van der Waals surface area contributed by atoms with Gasteiger partial charge in [0.15, 0.2) is 0 Å². The van der Waals surface area contributed by atoms with E-state index in [0.29, 0.717) is 7.11 Å². The van der Waals surface area contributed by atoms with E-state index in [0.717, 1.165) is 22.8 Å². The molecule has 0 fully saturated rings. The van der Waals surface area contributed by atoms with Gasteiger partial charge in [-0.2, -0.15) is 13.2 Å². The number of thiazole rings is 1. The number of halogens is 3. The SMILES string of the molecule is COC(=O)C(F)(F)F.Cc1nc(C#CC(/C=C\CNC(C)(C)C)=C/[NH3+])cs1. The summed E-state index contributed by atoms with van der Waals surface area (Å²) >= 11 is 1.61. The first-order valence-corrected chi connectivity index (χ1v) is 8.77. The average molecular weight is 404 g/mol. The molecule has 150 valence electrons. The van der Waals surface area contributed by atoms with Crippen molar-refractivity contribution in [1.29, 1.82) is 0 Å². The highest BCUT2D eigenvalue weighted by Crippen LogP contribution is 2.15. The Labute approximate surface area is 161 Å². The summed E-state index contributed by atoms with van der Waals surface area (Å²) in [4.78, 5) is 13.8. The topological polar surface area (TPSA) is 78.9 Å². The fourth-order valence-electron chi connectivity index (χ4n) is 1.38. The van der Waals surface area contributed by atoms with Crippen LogP contribution in [-0.2, 0) is 9.53 Å². The van der Waals surface area contributed by atoms with Gasteiger partial charge in [-0.3, -0.25) is 0 Å². The van der Waals surface area contributed by atoms with Crippen LogP contribution in [0.1, 0.15) is 31.5 Å². The zero-order valence-electron chi connectivity index (χ0n) is 16.0. The average Bonchev–Trinajstić information content (AvgIpc) is 2.97. The molecule has 0 aliphatic carbocycles. The van der Waals surface area contributed by atoms with Crippen molar-refractivity contribution < 1.29 is 28.4 Å². The lowest BCUT2D eigenvalue weighted by Gasteiger charge is -2.18. The summed E-state index contributed by atoms with van der Waals surface area (Å²) in [5, 5.41) is 6.39. The summed E-state index contributed by atoms with van der Waals surface area (Å²) in [5.41, 5.74) is 5.63. The number of carbonyl (C=O) groups is 1. The smallest absolute Gasteiger partial charge is 0.462 e. The number of esters is 1. The molecule has 27 heavy (non-hydrogen) atoms. The van der Waals surface area contributed by atoms with Crippen LogP contribution in [0.15, 0.2) is 29.3 Å². The molecule has 5 nitrogen and oxygen atoms in total. The predicted octanol–water partition coefficient (Wildman–Crippen LogP) is 2.59. The van der Waals surface area contributed by atoms with Crippen LogP contribution in [-0.4, -0.2) is 36.3 Å². The molecule has 0 radical (unpaired) electrons. The van der Waals surface area contributed by atoms with Crippen molar-refractivity contribution in [2.75, 3.05) is 13.7 Å². The lowest BCUT2D eigenvalue weighted by molar-refractivity contribution is -0.275. The summed E-state index contributed by atoms with van der Waals surface area (Å²) in [6.07, 6.45) is 0.954. The van der Waals surface area contributed by atoms with E-state index in [1.807, 2.05) is 18.4 Å². The quantitative estimate of drug-likeness (QED) is 0.461. The van der Waals surface area contributed by atoms with Gasteiger partial charge in [-0.1, -0.05) is 12.0 Å². The normalized spacial score (nSPS) is 12.1. The molecule has 0 aliphatic rings. The van der Waals surface area contributed by atoms with E-state index in [2.05, 4.69) is 59.5 Å². The number of nitrogens with one attached hydrogen (secondary N) is 1. The number of nitrogens with zero attached hydrogens (tertiary/aromatic N) is 1. The standard InChI is InChI=1S/C15H21N3S.C3H3F3O2/c1-12-18-14(11-19-12)8-7-13(10-16)6-5-9-17-15(2,3)4;1-8-2(7)3(4,5)6/h5-6,10-11,17H,9,16H2,1-4H3;1H3/p+1/b6-5-,13-10+;. The minimum Gasteiger partial charge on any atom is -0.462 e. The second kappa shape index (κ2) is 11.5. The number of carbonyl (C=O) groups excluding carboxylic acids is 1. The number of hydrogen-bond acceptors (Lipinski definition) is 5. The van der Waals surface area contributed by atoms with E-state index >= 15 is 0 Å². The summed E-state index contributed by atoms with van der Waals surface area (Å²) in [6, 6.07) is 0. The molecule has 0 aromatic carbocycles. The Morgan fingerprint density at radius 1 is 1.41 bits per heavy atom. The largest absolute Gasteiger partial charge is 0.490 e. The van der Waals surface area contributed by atoms with Gasteiger partial charge >= 0.3 is 12.1 Å². The van der Waals surface area contributed by atoms with Gasteiger partial charge in [0.05, 0.1) is 17.7 Å². The Morgan fingerprint density at radius 2 is 2.04 bits per heavy atom. The highest BCUT2D eigenvalue weighted by molar-refractivity contribution is 7.09. The van der Waals surface area contributed by atoms with E-state index in [9.17, 15) is 18.0 Å². The van der Waals surface area contributed by atoms with Crippen molar-refractivity contribution >= 4 is 17.3 Å². The molecular formula is C18H25F3N3O2S+. The summed E-state index contributed by atoms with van der Waals surface area (Å²) in [6.45, 7) is 9.22. The Balaban J connectivity index is 0.000000713. The predicted molar refractivity (Wildman–Crippen MR) is 99.7 cm³/mol. The molecule has 0 unspecified atom stereocenters. The molecule has 1 rings (SSSR count). The van der Waals surface area contributed by atoms with Gasteiger partial charge in [0.2, 0.25) is 0 Å². The molecule has 1 heterocycles. The van der Waals surface area contributed by atoms with Crippen LogP contribution in [0.2, 0.25) is 0 Å². The fourth-order valence-corrected chi connectivity index (χ4v) is 1.93. The van der Waals surface area contributed by atoms with Crippen molar-refractivity contribution in [3.05, 3.63) is 40.0 Å². The van der Waals surface area contributed by atoms with Gasteiger partial charge in [-0.25, -0.2) is 9.78 Å². The Hall–Kier alpha value is -2.15. The molecule has 0 amide bonds. The molecule has 0 spiro atoms. The summed E-state index contributed by atoms with van der Waals surface area (Å²) in [7, 11) is 0.676. The van der Waals surface area contributed by atoms with Crippen molar-refractivity contribution in [3.63, 3.8) is 0 Å². The number of hydrogen-bond donors (Lipinski definition) is 2. The van der Waals surface area contributed by atoms with E-state index < -0.39 is 12.1 Å². The second-order valence-corrected chi connectivity index (χ2v) is 7.25. The molecule has 0 saturated carbocycles. The highest BCUT2D eigenvalue weighted by Gasteiger charge is 2.40. The van der Waals surface area contributed by atoms with Crippen LogP contribution in [0.25, 0.3) is 0 Å². The molecule has 0 aliphatic heterocycles. The summed E-state index contributed by atoms with van der Waals surface area (Å²) in [5.74, 6) is 3.95. The molecular weight excluding hydrogens is 379 g/mol. The monoisotopic (exact) mass is 404 g/mol. The molecule has 0 saturated heterocycles. The minimum absolute atomic E-state index is 0.127. The van der Waals surface area contributed by atoms with Crippen LogP contribution in [0.3, 0.4) is 0 Å². The van der Waals surface area contributed by atoms with Crippen molar-refractivity contribution in [3.8, 4) is 11.8 Å². The maximum Gasteiger partial charge on any atom is 0.490 e. The molecule has 9 heteroatoms. The van der Waals surface area contributed by atoms with Gasteiger partial charge in [-0.05, 0) is 39.7 Å². The summed E-state index contributed by atoms with van der Waals surface area (Å²) < 4.78 is 36.3. The Morgan fingerprint density at radius 3 is 2.41 bits per heavy atom. The third-order valence-electron chi connectivity index (χ3n) is 2.64. The van der Waals surface area contributed by atoms with Crippen LogP contribution in [0.5, 0.6) is 0 Å². The fraction of sp³-hybridized carbons (Fsp3) is 0.444. The molecule has 1 aromatic rings. The van der Waals surface area contributed by atoms with Crippen molar-refractivity contribution in [1.82, 2.24) is 10.3 Å². The maximum atomic E-state index is 11.0. The zero-order chi connectivity index (χ0) is 21.1. The van der Waals surface area contributed by atoms with Crippen molar-refractivity contribution in [2.45, 2.75) is 39.4 Å². The minimum atomic E-state index is -4.85. The highest BCUT2D eigenvalue weighted by atomic mass is 32.1. The lowest BCUT2D eigenvalue weighted by atomic mass is 10.1. The number of allylic oxidation sites excluding steroid dienone is 2.